The highest BCUT2D eigenvalue weighted by Crippen LogP contribution is 2.34. The standard InChI is InChI=1S/C47H42N4OSi/c1-53(2,3)32-31-36-25-29-39(30-26-36)43-16-10-15-42(38-27-23-35(24-28-38)18-17-34-19-21-37(33-52)22-20-34)44(43)47(50-45(48)40-11-6-4-7-12-40)51-46(49)41-13-8-5-9-14-41/h4-16,19-30,33,45-46H,48-49H2,1-3H3,(H,50,51)/t45-,46-/m1/s1. The highest BCUT2D eigenvalue weighted by molar-refractivity contribution is 6.83. The van der Waals surface area contributed by atoms with Crippen LogP contribution in [0.5, 0.6) is 0 Å². The van der Waals surface area contributed by atoms with E-state index in [2.05, 4.69) is 103 Å². The fourth-order valence-electron chi connectivity index (χ4n) is 5.73. The minimum atomic E-state index is -1.53. The predicted octanol–water partition coefficient (Wildman–Crippen LogP) is 9.11. The quantitative estimate of drug-likeness (QED) is 0.0368. The van der Waals surface area contributed by atoms with Crippen LogP contribution >= 0.6 is 0 Å². The summed E-state index contributed by atoms with van der Waals surface area (Å²) in [6, 6.07) is 49.8. The number of aliphatic imine (C=N–C) groups is 1. The van der Waals surface area contributed by atoms with Crippen LogP contribution in [0.25, 0.3) is 22.3 Å². The van der Waals surface area contributed by atoms with E-state index in [1.165, 1.54) is 0 Å². The summed E-state index contributed by atoms with van der Waals surface area (Å²) in [5, 5.41) is 3.56. The van der Waals surface area contributed by atoms with Gasteiger partial charge in [0, 0.05) is 27.8 Å². The first-order chi connectivity index (χ1) is 25.7. The van der Waals surface area contributed by atoms with E-state index in [4.69, 9.17) is 16.5 Å². The molecule has 0 saturated heterocycles. The second-order valence-corrected chi connectivity index (χ2v) is 18.5. The van der Waals surface area contributed by atoms with Crippen molar-refractivity contribution in [3.63, 3.8) is 0 Å². The molecule has 53 heavy (non-hydrogen) atoms. The molecule has 260 valence electrons. The molecule has 2 atom stereocenters. The maximum absolute atomic E-state index is 11.1. The second-order valence-electron chi connectivity index (χ2n) is 13.7. The van der Waals surface area contributed by atoms with Crippen LogP contribution in [0.3, 0.4) is 0 Å². The van der Waals surface area contributed by atoms with Gasteiger partial charge in [0.25, 0.3) is 0 Å². The predicted molar refractivity (Wildman–Crippen MR) is 222 cm³/mol. The summed E-state index contributed by atoms with van der Waals surface area (Å²) in [4.78, 5) is 16.2. The molecule has 6 aromatic rings. The average molecular weight is 707 g/mol. The molecule has 0 heterocycles. The van der Waals surface area contributed by atoms with Crippen molar-refractivity contribution in [3.05, 3.63) is 191 Å². The summed E-state index contributed by atoms with van der Waals surface area (Å²) >= 11 is 0. The zero-order valence-corrected chi connectivity index (χ0v) is 31.2. The summed E-state index contributed by atoms with van der Waals surface area (Å²) < 4.78 is 0. The Morgan fingerprint density at radius 1 is 0.604 bits per heavy atom. The van der Waals surface area contributed by atoms with E-state index < -0.39 is 20.4 Å². The largest absolute Gasteiger partial charge is 0.351 e. The number of nitrogens with one attached hydrogen (secondary N) is 1. The molecule has 5 N–H and O–H groups in total. The summed E-state index contributed by atoms with van der Waals surface area (Å²) in [5.41, 5.74) is 27.1. The van der Waals surface area contributed by atoms with Crippen LogP contribution < -0.4 is 16.8 Å². The van der Waals surface area contributed by atoms with Gasteiger partial charge in [-0.15, -0.1) is 5.54 Å². The van der Waals surface area contributed by atoms with Crippen LogP contribution in [-0.2, 0) is 0 Å². The van der Waals surface area contributed by atoms with Crippen LogP contribution in [0.2, 0.25) is 19.6 Å². The SMILES string of the molecule is C[Si](C)(C)C#Cc1ccc(-c2cccc(-c3ccc(C#Cc4ccc(C=O)cc4)cc3)c2/C(=N/[C@@H](N)c2ccccc2)N[C@@H](N)c2ccccc2)cc1. The first kappa shape index (κ1) is 36.5. The lowest BCUT2D eigenvalue weighted by molar-refractivity contribution is 0.112. The number of hydrogen-bond donors (Lipinski definition) is 3. The Hall–Kier alpha value is -6.28. The van der Waals surface area contributed by atoms with Gasteiger partial charge in [-0.3, -0.25) is 4.79 Å². The molecule has 0 aliphatic rings. The zero-order valence-electron chi connectivity index (χ0n) is 30.2. The number of amidine groups is 1. The van der Waals surface area contributed by atoms with Crippen LogP contribution in [0, 0.1) is 23.3 Å². The molecule has 0 spiro atoms. The van der Waals surface area contributed by atoms with E-state index in [-0.39, 0.29) is 0 Å². The van der Waals surface area contributed by atoms with Gasteiger partial charge in [0.05, 0.1) is 0 Å². The van der Waals surface area contributed by atoms with Gasteiger partial charge in [-0.1, -0.05) is 153 Å². The number of rotatable bonds is 8. The summed E-state index contributed by atoms with van der Waals surface area (Å²) in [6.07, 6.45) is -0.384. The molecule has 0 saturated carbocycles. The number of carbonyl (C=O) groups is 1. The van der Waals surface area contributed by atoms with Gasteiger partial charge >= 0.3 is 0 Å². The van der Waals surface area contributed by atoms with Crippen molar-refractivity contribution in [1.29, 1.82) is 0 Å². The van der Waals surface area contributed by atoms with E-state index in [1.54, 1.807) is 12.1 Å². The van der Waals surface area contributed by atoms with Crippen molar-refractivity contribution in [2.45, 2.75) is 32.0 Å². The molecule has 0 radical (unpaired) electrons. The Balaban J connectivity index is 1.48. The molecule has 0 bridgehead atoms. The summed E-state index contributed by atoms with van der Waals surface area (Å²) in [7, 11) is -1.53. The minimum Gasteiger partial charge on any atom is -0.351 e. The van der Waals surface area contributed by atoms with Crippen molar-refractivity contribution in [3.8, 4) is 45.6 Å². The van der Waals surface area contributed by atoms with Crippen LogP contribution in [0.1, 0.15) is 56.1 Å². The Labute approximate surface area is 313 Å². The smallest absolute Gasteiger partial charge is 0.150 e. The maximum Gasteiger partial charge on any atom is 0.150 e. The van der Waals surface area contributed by atoms with Gasteiger partial charge < -0.3 is 16.8 Å². The summed E-state index contributed by atoms with van der Waals surface area (Å²) in [5.74, 6) is 10.4. The molecule has 0 amide bonds. The Bertz CT molecular complexity index is 2320. The van der Waals surface area contributed by atoms with Crippen molar-refractivity contribution in [1.82, 2.24) is 5.32 Å². The fraction of sp³-hybridized carbons (Fsp3) is 0.106. The Kier molecular flexibility index (Phi) is 11.6. The lowest BCUT2D eigenvalue weighted by Crippen LogP contribution is -2.36. The van der Waals surface area contributed by atoms with Crippen molar-refractivity contribution < 1.29 is 4.79 Å². The average Bonchev–Trinajstić information content (AvgIpc) is 3.19. The van der Waals surface area contributed by atoms with E-state index in [1.807, 2.05) is 84.9 Å². The third-order valence-corrected chi connectivity index (χ3v) is 9.41. The molecule has 0 aliphatic carbocycles. The zero-order chi connectivity index (χ0) is 37.2. The normalized spacial score (nSPS) is 12.4. The van der Waals surface area contributed by atoms with Crippen LogP contribution in [0.15, 0.2) is 157 Å². The minimum absolute atomic E-state index is 0.559. The number of benzene rings is 6. The number of carbonyl (C=O) groups excluding carboxylic acids is 1. The fourth-order valence-corrected chi connectivity index (χ4v) is 6.25. The molecule has 0 aromatic heterocycles. The van der Waals surface area contributed by atoms with Gasteiger partial charge in [-0.05, 0) is 69.8 Å². The molecule has 0 fully saturated rings. The van der Waals surface area contributed by atoms with Gasteiger partial charge in [0.2, 0.25) is 0 Å². The molecule has 0 unspecified atom stereocenters. The third kappa shape index (κ3) is 9.74. The summed E-state index contributed by atoms with van der Waals surface area (Å²) in [6.45, 7) is 6.73. The number of nitrogens with zero attached hydrogens (tertiary/aromatic N) is 1. The Morgan fingerprint density at radius 2 is 1.08 bits per heavy atom. The Morgan fingerprint density at radius 3 is 1.57 bits per heavy atom. The molecule has 5 nitrogen and oxygen atoms in total. The van der Waals surface area contributed by atoms with Crippen molar-refractivity contribution >= 4 is 20.2 Å². The van der Waals surface area contributed by atoms with Gasteiger partial charge in [0.15, 0.2) is 0 Å². The second kappa shape index (κ2) is 16.8. The van der Waals surface area contributed by atoms with Gasteiger partial charge in [-0.25, -0.2) is 4.99 Å². The van der Waals surface area contributed by atoms with Gasteiger partial charge in [0.1, 0.15) is 32.5 Å². The van der Waals surface area contributed by atoms with E-state index >= 15 is 0 Å². The van der Waals surface area contributed by atoms with Gasteiger partial charge in [-0.2, -0.15) is 0 Å². The first-order valence-electron chi connectivity index (χ1n) is 17.6. The molecule has 6 rings (SSSR count). The van der Waals surface area contributed by atoms with Crippen LogP contribution in [-0.4, -0.2) is 20.2 Å². The van der Waals surface area contributed by atoms with E-state index in [9.17, 15) is 4.79 Å². The molecular formula is C47H42N4OSi. The monoisotopic (exact) mass is 706 g/mol. The highest BCUT2D eigenvalue weighted by Gasteiger charge is 2.21. The third-order valence-electron chi connectivity index (χ3n) is 8.53. The van der Waals surface area contributed by atoms with E-state index in [0.717, 1.165) is 61.9 Å². The maximum atomic E-state index is 11.1. The first-order valence-corrected chi connectivity index (χ1v) is 21.1. The number of hydrogen-bond acceptors (Lipinski definition) is 4. The number of aldehydes is 1. The molecule has 6 aromatic carbocycles. The van der Waals surface area contributed by atoms with E-state index in [0.29, 0.717) is 11.4 Å². The topological polar surface area (TPSA) is 93.5 Å². The lowest BCUT2D eigenvalue weighted by Gasteiger charge is -2.24. The molecular weight excluding hydrogens is 665 g/mol. The van der Waals surface area contributed by atoms with Crippen molar-refractivity contribution in [2.24, 2.45) is 16.5 Å². The lowest BCUT2D eigenvalue weighted by atomic mass is 9.90. The van der Waals surface area contributed by atoms with Crippen molar-refractivity contribution in [2.75, 3.05) is 0 Å². The molecule has 6 heteroatoms. The molecule has 0 aliphatic heterocycles. The van der Waals surface area contributed by atoms with Crippen LogP contribution in [0.4, 0.5) is 0 Å². The highest BCUT2D eigenvalue weighted by atomic mass is 28.3. The number of nitrogens with two attached hydrogens (primary N) is 2.